The molecule has 2 rings (SSSR count). The Kier molecular flexibility index (Phi) is 4.33. The molecule has 2 heteroatoms. The molecular weight excluding hydrogens is 256 g/mol. The Hall–Kier alpha value is -2.27. The molecule has 2 aromatic carbocycles. The zero-order chi connectivity index (χ0) is 15.5. The highest BCUT2D eigenvalue weighted by Gasteiger charge is 2.12. The lowest BCUT2D eigenvalue weighted by Crippen LogP contribution is -2.10. The van der Waals surface area contributed by atoms with Crippen LogP contribution in [-0.4, -0.2) is 0 Å². The molecule has 0 unspecified atom stereocenters. The van der Waals surface area contributed by atoms with Crippen molar-refractivity contribution in [1.29, 1.82) is 5.26 Å². The zero-order valence-corrected chi connectivity index (χ0v) is 13.2. The fourth-order valence-corrected chi connectivity index (χ4v) is 2.25. The normalized spacial score (nSPS) is 11.0. The van der Waals surface area contributed by atoms with Crippen LogP contribution in [0, 0.1) is 18.3 Å². The van der Waals surface area contributed by atoms with Crippen LogP contribution >= 0.6 is 0 Å². The Labute approximate surface area is 127 Å². The van der Waals surface area contributed by atoms with Gasteiger partial charge in [0.05, 0.1) is 11.6 Å². The van der Waals surface area contributed by atoms with Gasteiger partial charge in [0.1, 0.15) is 0 Å². The molecule has 0 aliphatic rings. The molecule has 0 bridgehead atoms. The van der Waals surface area contributed by atoms with Crippen LogP contribution in [0.1, 0.15) is 43.0 Å². The lowest BCUT2D eigenvalue weighted by Gasteiger charge is -2.19. The van der Waals surface area contributed by atoms with Crippen LogP contribution in [-0.2, 0) is 12.0 Å². The molecule has 108 valence electrons. The number of anilines is 1. The lowest BCUT2D eigenvalue weighted by molar-refractivity contribution is 0.590. The fourth-order valence-electron chi connectivity index (χ4n) is 2.25. The van der Waals surface area contributed by atoms with Gasteiger partial charge in [-0.25, -0.2) is 0 Å². The SMILES string of the molecule is Cc1cc(C#N)ccc1CNc1ccc(C(C)(C)C)cc1. The predicted molar refractivity (Wildman–Crippen MR) is 88.4 cm³/mol. The van der Waals surface area contributed by atoms with E-state index in [4.69, 9.17) is 5.26 Å². The van der Waals surface area contributed by atoms with Gasteiger partial charge in [0, 0.05) is 12.2 Å². The zero-order valence-electron chi connectivity index (χ0n) is 13.2. The number of benzene rings is 2. The summed E-state index contributed by atoms with van der Waals surface area (Å²) in [4.78, 5) is 0. The number of nitrogens with zero attached hydrogens (tertiary/aromatic N) is 1. The van der Waals surface area contributed by atoms with Gasteiger partial charge in [0.2, 0.25) is 0 Å². The minimum Gasteiger partial charge on any atom is -0.381 e. The summed E-state index contributed by atoms with van der Waals surface area (Å²) in [6.45, 7) is 9.47. The van der Waals surface area contributed by atoms with E-state index in [0.717, 1.165) is 17.8 Å². The van der Waals surface area contributed by atoms with Gasteiger partial charge in [-0.15, -0.1) is 0 Å². The lowest BCUT2D eigenvalue weighted by atomic mass is 9.87. The van der Waals surface area contributed by atoms with Gasteiger partial charge in [-0.1, -0.05) is 39.0 Å². The van der Waals surface area contributed by atoms with Crippen molar-refractivity contribution in [2.45, 2.75) is 39.7 Å². The largest absolute Gasteiger partial charge is 0.381 e. The summed E-state index contributed by atoms with van der Waals surface area (Å²) in [6, 6.07) is 16.6. The summed E-state index contributed by atoms with van der Waals surface area (Å²) in [7, 11) is 0. The van der Waals surface area contributed by atoms with Gasteiger partial charge in [-0.2, -0.15) is 5.26 Å². The number of hydrogen-bond acceptors (Lipinski definition) is 2. The van der Waals surface area contributed by atoms with E-state index in [1.54, 1.807) is 0 Å². The first-order valence-electron chi connectivity index (χ1n) is 7.24. The van der Waals surface area contributed by atoms with Crippen molar-refractivity contribution in [2.75, 3.05) is 5.32 Å². The molecule has 0 fully saturated rings. The first kappa shape index (κ1) is 15.1. The highest BCUT2D eigenvalue weighted by atomic mass is 14.9. The number of nitrogens with one attached hydrogen (secondary N) is 1. The van der Waals surface area contributed by atoms with Gasteiger partial charge in [0.25, 0.3) is 0 Å². The first-order valence-corrected chi connectivity index (χ1v) is 7.24. The molecule has 21 heavy (non-hydrogen) atoms. The molecule has 0 amide bonds. The second-order valence-corrected chi connectivity index (χ2v) is 6.43. The van der Waals surface area contributed by atoms with Crippen LogP contribution in [0.5, 0.6) is 0 Å². The third-order valence-electron chi connectivity index (χ3n) is 3.71. The molecule has 2 nitrogen and oxygen atoms in total. The van der Waals surface area contributed by atoms with Crippen molar-refractivity contribution in [3.8, 4) is 6.07 Å². The third kappa shape index (κ3) is 3.86. The molecular formula is C19H22N2. The number of nitriles is 1. The maximum absolute atomic E-state index is 8.89. The van der Waals surface area contributed by atoms with E-state index in [9.17, 15) is 0 Å². The Bertz CT molecular complexity index is 655. The second-order valence-electron chi connectivity index (χ2n) is 6.43. The van der Waals surface area contributed by atoms with E-state index in [-0.39, 0.29) is 5.41 Å². The maximum atomic E-state index is 8.89. The second kappa shape index (κ2) is 6.01. The van der Waals surface area contributed by atoms with Crippen LogP contribution in [0.15, 0.2) is 42.5 Å². The van der Waals surface area contributed by atoms with Gasteiger partial charge in [-0.3, -0.25) is 0 Å². The maximum Gasteiger partial charge on any atom is 0.0991 e. The van der Waals surface area contributed by atoms with Gasteiger partial charge >= 0.3 is 0 Å². The molecule has 0 aromatic heterocycles. The molecule has 0 heterocycles. The molecule has 0 aliphatic heterocycles. The minimum atomic E-state index is 0.183. The highest BCUT2D eigenvalue weighted by Crippen LogP contribution is 2.23. The van der Waals surface area contributed by atoms with Crippen LogP contribution < -0.4 is 5.32 Å². The molecule has 0 aliphatic carbocycles. The van der Waals surface area contributed by atoms with Crippen molar-refractivity contribution in [2.24, 2.45) is 0 Å². The fraction of sp³-hybridized carbons (Fsp3) is 0.316. The van der Waals surface area contributed by atoms with E-state index in [1.165, 1.54) is 11.1 Å². The summed E-state index contributed by atoms with van der Waals surface area (Å²) >= 11 is 0. The summed E-state index contributed by atoms with van der Waals surface area (Å²) in [5.41, 5.74) is 5.71. The van der Waals surface area contributed by atoms with E-state index in [0.29, 0.717) is 5.56 Å². The molecule has 0 saturated heterocycles. The van der Waals surface area contributed by atoms with E-state index < -0.39 is 0 Å². The molecule has 0 atom stereocenters. The first-order chi connectivity index (χ1) is 9.90. The van der Waals surface area contributed by atoms with Crippen LogP contribution in [0.3, 0.4) is 0 Å². The van der Waals surface area contributed by atoms with E-state index in [1.807, 2.05) is 25.1 Å². The highest BCUT2D eigenvalue weighted by molar-refractivity contribution is 5.47. The topological polar surface area (TPSA) is 35.8 Å². The van der Waals surface area contributed by atoms with Crippen molar-refractivity contribution in [3.05, 3.63) is 64.7 Å². The smallest absolute Gasteiger partial charge is 0.0991 e. The minimum absolute atomic E-state index is 0.183. The third-order valence-corrected chi connectivity index (χ3v) is 3.71. The monoisotopic (exact) mass is 278 g/mol. The van der Waals surface area contributed by atoms with Gasteiger partial charge < -0.3 is 5.32 Å². The Morgan fingerprint density at radius 2 is 1.71 bits per heavy atom. The number of aryl methyl sites for hydroxylation is 1. The van der Waals surface area contributed by atoms with Crippen molar-refractivity contribution < 1.29 is 0 Å². The summed E-state index contributed by atoms with van der Waals surface area (Å²) in [5.74, 6) is 0. The van der Waals surface area contributed by atoms with E-state index >= 15 is 0 Å². The molecule has 0 radical (unpaired) electrons. The van der Waals surface area contributed by atoms with E-state index in [2.05, 4.69) is 56.4 Å². The van der Waals surface area contributed by atoms with Crippen molar-refractivity contribution in [1.82, 2.24) is 0 Å². The van der Waals surface area contributed by atoms with Crippen molar-refractivity contribution in [3.63, 3.8) is 0 Å². The Balaban J connectivity index is 2.05. The Morgan fingerprint density at radius 3 is 2.24 bits per heavy atom. The molecule has 0 saturated carbocycles. The summed E-state index contributed by atoms with van der Waals surface area (Å²) in [5, 5.41) is 12.3. The molecule has 0 spiro atoms. The number of rotatable bonds is 3. The van der Waals surface area contributed by atoms with Crippen LogP contribution in [0.2, 0.25) is 0 Å². The van der Waals surface area contributed by atoms with Gasteiger partial charge in [-0.05, 0) is 53.3 Å². The summed E-state index contributed by atoms with van der Waals surface area (Å²) in [6.07, 6.45) is 0. The molecule has 1 N–H and O–H groups in total. The van der Waals surface area contributed by atoms with Gasteiger partial charge in [0.15, 0.2) is 0 Å². The quantitative estimate of drug-likeness (QED) is 0.877. The van der Waals surface area contributed by atoms with Crippen molar-refractivity contribution >= 4 is 5.69 Å². The summed E-state index contributed by atoms with van der Waals surface area (Å²) < 4.78 is 0. The molecule has 2 aromatic rings. The average Bonchev–Trinajstić information content (AvgIpc) is 2.45. The average molecular weight is 278 g/mol. The van der Waals surface area contributed by atoms with Crippen LogP contribution in [0.4, 0.5) is 5.69 Å². The van der Waals surface area contributed by atoms with Crippen LogP contribution in [0.25, 0.3) is 0 Å². The Morgan fingerprint density at radius 1 is 1.05 bits per heavy atom. The predicted octanol–water partition coefficient (Wildman–Crippen LogP) is 4.78. The standard InChI is InChI=1S/C19H22N2/c1-14-11-15(12-20)5-6-16(14)13-21-18-9-7-17(8-10-18)19(2,3)4/h5-11,21H,13H2,1-4H3. The number of hydrogen-bond donors (Lipinski definition) is 1.